The highest BCUT2D eigenvalue weighted by molar-refractivity contribution is 6.04. The number of dihydropyridines is 1. The molecule has 0 saturated carbocycles. The van der Waals surface area contributed by atoms with E-state index in [0.29, 0.717) is 30.6 Å². The summed E-state index contributed by atoms with van der Waals surface area (Å²) in [5.74, 6) is -0.684. The highest BCUT2D eigenvalue weighted by Crippen LogP contribution is 2.47. The van der Waals surface area contributed by atoms with Crippen LogP contribution in [0.4, 0.5) is 0 Å². The first kappa shape index (κ1) is 22.0. The van der Waals surface area contributed by atoms with Crippen LogP contribution in [0.1, 0.15) is 58.4 Å². The predicted molar refractivity (Wildman–Crippen MR) is 125 cm³/mol. The molecule has 1 aliphatic carbocycles. The van der Waals surface area contributed by atoms with Gasteiger partial charge in [-0.05, 0) is 47.9 Å². The maximum atomic E-state index is 13.4. The maximum Gasteiger partial charge on any atom is 0.336 e. The fourth-order valence-electron chi connectivity index (χ4n) is 4.81. The van der Waals surface area contributed by atoms with E-state index in [-0.39, 0.29) is 17.2 Å². The number of pyridine rings is 1. The Morgan fingerprint density at radius 2 is 1.88 bits per heavy atom. The third kappa shape index (κ3) is 4.12. The molecule has 1 atom stereocenters. The molecule has 2 heterocycles. The number of hydrogen-bond acceptors (Lipinski definition) is 5. The second kappa shape index (κ2) is 8.73. The summed E-state index contributed by atoms with van der Waals surface area (Å²) in [6.07, 6.45) is 5.48. The molecule has 0 fully saturated rings. The zero-order chi connectivity index (χ0) is 22.9. The molecule has 0 saturated heterocycles. The van der Waals surface area contributed by atoms with Gasteiger partial charge in [-0.15, -0.1) is 0 Å². The van der Waals surface area contributed by atoms with Gasteiger partial charge in [-0.3, -0.25) is 9.78 Å². The number of hydrogen-bond donors (Lipinski definition) is 1. The van der Waals surface area contributed by atoms with Gasteiger partial charge in [-0.2, -0.15) is 0 Å². The van der Waals surface area contributed by atoms with Crippen LogP contribution in [-0.4, -0.2) is 23.3 Å². The highest BCUT2D eigenvalue weighted by Gasteiger charge is 2.43. The number of Topliss-reactive ketones (excluding diaryl/α,β-unsaturated/α-hetero) is 1. The molecule has 0 radical (unpaired) electrons. The maximum absolute atomic E-state index is 13.4. The van der Waals surface area contributed by atoms with Crippen molar-refractivity contribution in [2.75, 3.05) is 6.61 Å². The van der Waals surface area contributed by atoms with Crippen molar-refractivity contribution in [3.8, 4) is 11.1 Å². The van der Waals surface area contributed by atoms with Gasteiger partial charge in [0.25, 0.3) is 0 Å². The molecule has 1 unspecified atom stereocenters. The smallest absolute Gasteiger partial charge is 0.336 e. The summed E-state index contributed by atoms with van der Waals surface area (Å²) in [4.78, 5) is 30.6. The fraction of sp³-hybridized carbons (Fsp3) is 0.370. The van der Waals surface area contributed by atoms with Gasteiger partial charge in [-0.25, -0.2) is 4.79 Å². The summed E-state index contributed by atoms with van der Waals surface area (Å²) < 4.78 is 5.44. The number of carbonyl (C=O) groups is 2. The number of aromatic nitrogens is 1. The molecule has 4 rings (SSSR count). The first-order valence-corrected chi connectivity index (χ1v) is 11.3. The Morgan fingerprint density at radius 3 is 2.50 bits per heavy atom. The van der Waals surface area contributed by atoms with E-state index in [2.05, 4.69) is 24.1 Å². The molecule has 2 aliphatic rings. The Morgan fingerprint density at radius 1 is 1.12 bits per heavy atom. The minimum atomic E-state index is -0.424. The van der Waals surface area contributed by atoms with Crippen molar-refractivity contribution in [2.45, 2.75) is 52.9 Å². The van der Waals surface area contributed by atoms with E-state index >= 15 is 0 Å². The van der Waals surface area contributed by atoms with Gasteiger partial charge in [0, 0.05) is 41.7 Å². The lowest BCUT2D eigenvalue weighted by Gasteiger charge is -2.40. The van der Waals surface area contributed by atoms with Gasteiger partial charge in [0.05, 0.1) is 12.2 Å². The summed E-state index contributed by atoms with van der Waals surface area (Å²) in [6, 6.07) is 12.0. The number of carbonyl (C=O) groups excluding carboxylic acids is 2. The average molecular weight is 431 g/mol. The van der Waals surface area contributed by atoms with Crippen molar-refractivity contribution in [3.05, 3.63) is 76.9 Å². The van der Waals surface area contributed by atoms with E-state index < -0.39 is 5.92 Å². The minimum absolute atomic E-state index is 0.0991. The molecule has 166 valence electrons. The fourth-order valence-corrected chi connectivity index (χ4v) is 4.81. The van der Waals surface area contributed by atoms with Gasteiger partial charge in [0.15, 0.2) is 5.78 Å². The van der Waals surface area contributed by atoms with Crippen molar-refractivity contribution < 1.29 is 14.3 Å². The summed E-state index contributed by atoms with van der Waals surface area (Å²) in [5.41, 5.74) is 5.92. The van der Waals surface area contributed by atoms with Gasteiger partial charge >= 0.3 is 5.97 Å². The number of rotatable bonds is 5. The largest absolute Gasteiger partial charge is 0.463 e. The van der Waals surface area contributed by atoms with Gasteiger partial charge < -0.3 is 10.1 Å². The Kier molecular flexibility index (Phi) is 6.00. The number of esters is 1. The monoisotopic (exact) mass is 430 g/mol. The summed E-state index contributed by atoms with van der Waals surface area (Å²) in [7, 11) is 0. The molecule has 0 amide bonds. The summed E-state index contributed by atoms with van der Waals surface area (Å²) in [6.45, 7) is 8.34. The van der Waals surface area contributed by atoms with Crippen LogP contribution in [0.2, 0.25) is 0 Å². The Balaban J connectivity index is 1.84. The molecule has 1 aromatic heterocycles. The lowest BCUT2D eigenvalue weighted by Crippen LogP contribution is -2.39. The normalized spacial score (nSPS) is 20.0. The molecule has 5 heteroatoms. The molecule has 2 aromatic rings. The summed E-state index contributed by atoms with van der Waals surface area (Å²) >= 11 is 0. The molecule has 1 aromatic carbocycles. The van der Waals surface area contributed by atoms with E-state index in [0.717, 1.165) is 34.5 Å². The van der Waals surface area contributed by atoms with Crippen LogP contribution in [0.5, 0.6) is 0 Å². The number of ketones is 1. The first-order chi connectivity index (χ1) is 15.3. The number of ether oxygens (including phenoxy) is 1. The topological polar surface area (TPSA) is 68.3 Å². The van der Waals surface area contributed by atoms with Crippen molar-refractivity contribution >= 4 is 11.8 Å². The van der Waals surface area contributed by atoms with Crippen LogP contribution < -0.4 is 5.32 Å². The van der Waals surface area contributed by atoms with Crippen LogP contribution >= 0.6 is 0 Å². The minimum Gasteiger partial charge on any atom is -0.463 e. The second-order valence-corrected chi connectivity index (χ2v) is 9.22. The third-order valence-corrected chi connectivity index (χ3v) is 6.21. The van der Waals surface area contributed by atoms with Crippen molar-refractivity contribution in [1.29, 1.82) is 0 Å². The Bertz CT molecular complexity index is 1100. The number of benzene rings is 1. The SMILES string of the molecule is CCOC(=O)C1=C(CC)NC2=C(C(=O)CC(C)(C)C2)C1c1ccc(-c2cccnc2)cc1. The summed E-state index contributed by atoms with van der Waals surface area (Å²) in [5, 5.41) is 3.45. The van der Waals surface area contributed by atoms with Crippen LogP contribution in [0.25, 0.3) is 11.1 Å². The second-order valence-electron chi connectivity index (χ2n) is 9.22. The van der Waals surface area contributed by atoms with Crippen LogP contribution in [-0.2, 0) is 14.3 Å². The van der Waals surface area contributed by atoms with Crippen LogP contribution in [0, 0.1) is 5.41 Å². The Hall–Kier alpha value is -3.21. The third-order valence-electron chi connectivity index (χ3n) is 6.21. The van der Waals surface area contributed by atoms with Crippen LogP contribution in [0.3, 0.4) is 0 Å². The van der Waals surface area contributed by atoms with E-state index in [1.165, 1.54) is 0 Å². The molecule has 1 aliphatic heterocycles. The van der Waals surface area contributed by atoms with E-state index in [9.17, 15) is 9.59 Å². The van der Waals surface area contributed by atoms with Gasteiger partial charge in [-0.1, -0.05) is 51.1 Å². The Labute approximate surface area is 189 Å². The van der Waals surface area contributed by atoms with Gasteiger partial charge in [0.1, 0.15) is 0 Å². The van der Waals surface area contributed by atoms with Gasteiger partial charge in [0.2, 0.25) is 0 Å². The average Bonchev–Trinajstić information content (AvgIpc) is 2.77. The molecule has 0 spiro atoms. The highest BCUT2D eigenvalue weighted by atomic mass is 16.5. The van der Waals surface area contributed by atoms with Crippen molar-refractivity contribution in [3.63, 3.8) is 0 Å². The van der Waals surface area contributed by atoms with Crippen molar-refractivity contribution in [1.82, 2.24) is 10.3 Å². The van der Waals surface area contributed by atoms with E-state index in [1.54, 1.807) is 13.1 Å². The quantitative estimate of drug-likeness (QED) is 0.652. The number of nitrogens with one attached hydrogen (secondary N) is 1. The zero-order valence-electron chi connectivity index (χ0n) is 19.2. The molecular formula is C27H30N2O3. The lowest BCUT2D eigenvalue weighted by molar-refractivity contribution is -0.138. The molecular weight excluding hydrogens is 400 g/mol. The molecule has 5 nitrogen and oxygen atoms in total. The van der Waals surface area contributed by atoms with Crippen molar-refractivity contribution in [2.24, 2.45) is 5.41 Å². The van der Waals surface area contributed by atoms with E-state index in [4.69, 9.17) is 4.74 Å². The van der Waals surface area contributed by atoms with Crippen LogP contribution in [0.15, 0.2) is 71.3 Å². The number of nitrogens with zero attached hydrogens (tertiary/aromatic N) is 1. The molecule has 32 heavy (non-hydrogen) atoms. The molecule has 1 N–H and O–H groups in total. The lowest BCUT2D eigenvalue weighted by atomic mass is 9.68. The van der Waals surface area contributed by atoms with E-state index in [1.807, 2.05) is 49.5 Å². The number of allylic oxidation sites excluding steroid dienone is 3. The zero-order valence-corrected chi connectivity index (χ0v) is 19.2. The first-order valence-electron chi connectivity index (χ1n) is 11.3. The standard InChI is InChI=1S/C27H30N2O3/c1-5-20-25(26(31)32-6-2)23(24-21(29-20)14-27(3,4)15-22(24)30)18-11-9-17(10-12-18)19-8-7-13-28-16-19/h7-13,16,23,29H,5-6,14-15H2,1-4H3. The molecule has 0 bridgehead atoms. The predicted octanol–water partition coefficient (Wildman–Crippen LogP) is 5.31.